The summed E-state index contributed by atoms with van der Waals surface area (Å²) in [5.41, 5.74) is 0.782. The van der Waals surface area contributed by atoms with Crippen LogP contribution in [0.15, 0.2) is 77.7 Å². The average Bonchev–Trinajstić information content (AvgIpc) is 2.93. The fraction of sp³-hybridized carbons (Fsp3) is 0.286. The fourth-order valence-corrected chi connectivity index (χ4v) is 5.99. The first-order valence-corrected chi connectivity index (χ1v) is 15.0. The zero-order valence-corrected chi connectivity index (χ0v) is 24.7. The lowest BCUT2D eigenvalue weighted by Gasteiger charge is -2.33. The maximum Gasteiger partial charge on any atom is 0.264 e. The van der Waals surface area contributed by atoms with Crippen LogP contribution in [0.5, 0.6) is 0 Å². The monoisotopic (exact) mass is 609 g/mol. The number of anilines is 1. The minimum absolute atomic E-state index is 0.0224. The third-order valence-corrected chi connectivity index (χ3v) is 8.57. The number of nitrogens with one attached hydrogen (secondary N) is 1. The Kier molecular flexibility index (Phi) is 11.1. The standard InChI is InChI=1S/C28H30Cl3N3O4S/c1-3-16-32-28(36)25(4-2)33(18-20-10-12-21(29)13-11-20)27(35)19-34(26-17-22(30)14-15-24(26)31)39(37,38)23-8-6-5-7-9-23/h5-15,17,25H,3-4,16,18-19H2,1-2H3,(H,32,36)/t25-/m1/s1. The van der Waals surface area contributed by atoms with Crippen LogP contribution in [0.1, 0.15) is 32.3 Å². The van der Waals surface area contributed by atoms with Crippen molar-refractivity contribution in [2.75, 3.05) is 17.4 Å². The van der Waals surface area contributed by atoms with Gasteiger partial charge in [0.25, 0.3) is 10.0 Å². The number of hydrogen-bond acceptors (Lipinski definition) is 4. The van der Waals surface area contributed by atoms with Crippen LogP contribution in [0.4, 0.5) is 5.69 Å². The van der Waals surface area contributed by atoms with Crippen LogP contribution >= 0.6 is 34.8 Å². The largest absolute Gasteiger partial charge is 0.354 e. The van der Waals surface area contributed by atoms with Gasteiger partial charge in [-0.3, -0.25) is 13.9 Å². The Morgan fingerprint density at radius 1 is 0.897 bits per heavy atom. The molecule has 0 aliphatic carbocycles. The van der Waals surface area contributed by atoms with E-state index in [-0.39, 0.29) is 33.1 Å². The molecule has 39 heavy (non-hydrogen) atoms. The minimum Gasteiger partial charge on any atom is -0.354 e. The number of hydrogen-bond donors (Lipinski definition) is 1. The van der Waals surface area contributed by atoms with E-state index < -0.39 is 28.5 Å². The molecule has 0 saturated carbocycles. The average molecular weight is 611 g/mol. The van der Waals surface area contributed by atoms with Gasteiger partial charge in [-0.1, -0.05) is 79.0 Å². The second-order valence-corrected chi connectivity index (χ2v) is 11.9. The predicted octanol–water partition coefficient (Wildman–Crippen LogP) is 6.18. The molecule has 2 amide bonds. The van der Waals surface area contributed by atoms with Crippen LogP contribution in [-0.2, 0) is 26.2 Å². The number of carbonyl (C=O) groups excluding carboxylic acids is 2. The molecule has 0 radical (unpaired) electrons. The number of benzene rings is 3. The Labute approximate surface area is 244 Å². The molecular formula is C28H30Cl3N3O4S. The first kappa shape index (κ1) is 30.8. The molecule has 0 heterocycles. The molecule has 11 heteroatoms. The highest BCUT2D eigenvalue weighted by Gasteiger charge is 2.34. The summed E-state index contributed by atoms with van der Waals surface area (Å²) >= 11 is 18.7. The van der Waals surface area contributed by atoms with E-state index in [4.69, 9.17) is 34.8 Å². The van der Waals surface area contributed by atoms with E-state index >= 15 is 0 Å². The van der Waals surface area contributed by atoms with Crippen molar-refractivity contribution in [3.05, 3.63) is 93.4 Å². The van der Waals surface area contributed by atoms with Crippen molar-refractivity contribution in [1.82, 2.24) is 10.2 Å². The molecule has 0 aromatic heterocycles. The summed E-state index contributed by atoms with van der Waals surface area (Å²) in [6.07, 6.45) is 1.04. The third kappa shape index (κ3) is 7.88. The molecule has 208 valence electrons. The van der Waals surface area contributed by atoms with Gasteiger partial charge in [-0.05, 0) is 60.9 Å². The van der Waals surface area contributed by atoms with Crippen molar-refractivity contribution in [2.45, 2.75) is 44.2 Å². The summed E-state index contributed by atoms with van der Waals surface area (Å²) in [5.74, 6) is -0.904. The smallest absolute Gasteiger partial charge is 0.264 e. The van der Waals surface area contributed by atoms with E-state index in [1.54, 1.807) is 49.4 Å². The molecule has 0 aliphatic heterocycles. The van der Waals surface area contributed by atoms with Gasteiger partial charge in [-0.15, -0.1) is 0 Å². The van der Waals surface area contributed by atoms with Crippen LogP contribution in [0.25, 0.3) is 0 Å². The summed E-state index contributed by atoms with van der Waals surface area (Å²) in [4.78, 5) is 28.5. The first-order chi connectivity index (χ1) is 18.6. The van der Waals surface area contributed by atoms with Crippen molar-refractivity contribution in [1.29, 1.82) is 0 Å². The molecule has 0 unspecified atom stereocenters. The molecule has 3 aromatic rings. The SMILES string of the molecule is CCCNC(=O)[C@@H](CC)N(Cc1ccc(Cl)cc1)C(=O)CN(c1cc(Cl)ccc1Cl)S(=O)(=O)c1ccccc1. The Morgan fingerprint density at radius 2 is 1.54 bits per heavy atom. The number of nitrogens with zero attached hydrogens (tertiary/aromatic N) is 2. The third-order valence-electron chi connectivity index (χ3n) is 5.99. The topological polar surface area (TPSA) is 86.8 Å². The lowest BCUT2D eigenvalue weighted by Crippen LogP contribution is -2.52. The van der Waals surface area contributed by atoms with Gasteiger partial charge in [-0.25, -0.2) is 8.42 Å². The Bertz CT molecular complexity index is 1390. The second-order valence-electron chi connectivity index (χ2n) is 8.78. The van der Waals surface area contributed by atoms with Gasteiger partial charge in [0.05, 0.1) is 15.6 Å². The van der Waals surface area contributed by atoms with Gasteiger partial charge in [-0.2, -0.15) is 0 Å². The molecule has 0 spiro atoms. The number of sulfonamides is 1. The van der Waals surface area contributed by atoms with E-state index in [9.17, 15) is 18.0 Å². The Hall–Kier alpha value is -2.78. The summed E-state index contributed by atoms with van der Waals surface area (Å²) in [5, 5.41) is 3.72. The van der Waals surface area contributed by atoms with Gasteiger partial charge in [0, 0.05) is 23.1 Å². The maximum atomic E-state index is 14.0. The lowest BCUT2D eigenvalue weighted by atomic mass is 10.1. The predicted molar refractivity (Wildman–Crippen MR) is 157 cm³/mol. The first-order valence-electron chi connectivity index (χ1n) is 12.4. The highest BCUT2D eigenvalue weighted by molar-refractivity contribution is 7.92. The molecule has 7 nitrogen and oxygen atoms in total. The summed E-state index contributed by atoms with van der Waals surface area (Å²) in [6.45, 7) is 3.63. The quantitative estimate of drug-likeness (QED) is 0.266. The highest BCUT2D eigenvalue weighted by atomic mass is 35.5. The van der Waals surface area contributed by atoms with Crippen molar-refractivity contribution in [3.63, 3.8) is 0 Å². The number of amides is 2. The molecule has 0 bridgehead atoms. The van der Waals surface area contributed by atoms with Gasteiger partial charge in [0.15, 0.2) is 0 Å². The van der Waals surface area contributed by atoms with Crippen molar-refractivity contribution < 1.29 is 18.0 Å². The van der Waals surface area contributed by atoms with Crippen molar-refractivity contribution >= 4 is 62.3 Å². The Morgan fingerprint density at radius 3 is 2.15 bits per heavy atom. The van der Waals surface area contributed by atoms with E-state index in [1.165, 1.54) is 35.2 Å². The second kappa shape index (κ2) is 14.0. The van der Waals surface area contributed by atoms with Crippen LogP contribution in [0.3, 0.4) is 0 Å². The highest BCUT2D eigenvalue weighted by Crippen LogP contribution is 2.33. The lowest BCUT2D eigenvalue weighted by molar-refractivity contribution is -0.140. The van der Waals surface area contributed by atoms with Crippen molar-refractivity contribution in [3.8, 4) is 0 Å². The number of carbonyl (C=O) groups is 2. The van der Waals surface area contributed by atoms with Crippen LogP contribution in [0, 0.1) is 0 Å². The van der Waals surface area contributed by atoms with Gasteiger partial charge >= 0.3 is 0 Å². The van der Waals surface area contributed by atoms with Gasteiger partial charge < -0.3 is 10.2 Å². The molecule has 3 rings (SSSR count). The van der Waals surface area contributed by atoms with Crippen LogP contribution < -0.4 is 9.62 Å². The van der Waals surface area contributed by atoms with Crippen LogP contribution in [0.2, 0.25) is 15.1 Å². The van der Waals surface area contributed by atoms with Crippen LogP contribution in [-0.4, -0.2) is 44.3 Å². The summed E-state index contributed by atoms with van der Waals surface area (Å²) in [6, 6.07) is 18.2. The fourth-order valence-electron chi connectivity index (χ4n) is 3.98. The van der Waals surface area contributed by atoms with E-state index in [0.29, 0.717) is 18.0 Å². The molecule has 3 aromatic carbocycles. The molecule has 1 atom stereocenters. The van der Waals surface area contributed by atoms with E-state index in [2.05, 4.69) is 5.32 Å². The number of halogens is 3. The molecule has 0 saturated heterocycles. The zero-order chi connectivity index (χ0) is 28.6. The molecule has 0 fully saturated rings. The number of rotatable bonds is 12. The summed E-state index contributed by atoms with van der Waals surface area (Å²) in [7, 11) is -4.24. The molecule has 0 aliphatic rings. The van der Waals surface area contributed by atoms with Gasteiger partial charge in [0.2, 0.25) is 11.8 Å². The summed E-state index contributed by atoms with van der Waals surface area (Å²) < 4.78 is 28.6. The normalized spacial score (nSPS) is 12.0. The maximum absolute atomic E-state index is 14.0. The Balaban J connectivity index is 2.07. The van der Waals surface area contributed by atoms with Gasteiger partial charge in [0.1, 0.15) is 12.6 Å². The van der Waals surface area contributed by atoms with Crippen molar-refractivity contribution in [2.24, 2.45) is 0 Å². The molecule has 1 N–H and O–H groups in total. The zero-order valence-electron chi connectivity index (χ0n) is 21.6. The minimum atomic E-state index is -4.24. The van der Waals surface area contributed by atoms with E-state index in [0.717, 1.165) is 16.3 Å². The van der Waals surface area contributed by atoms with E-state index in [1.807, 2.05) is 6.92 Å². The molecular weight excluding hydrogens is 581 g/mol.